The number of hydrogen-bond donors (Lipinski definition) is 1. The van der Waals surface area contributed by atoms with Crippen molar-refractivity contribution in [2.24, 2.45) is 0 Å². The first-order valence-electron chi connectivity index (χ1n) is 7.74. The molecule has 0 saturated carbocycles. The van der Waals surface area contributed by atoms with E-state index in [-0.39, 0.29) is 29.5 Å². The first-order valence-corrected chi connectivity index (χ1v) is 8.12. The van der Waals surface area contributed by atoms with Crippen LogP contribution >= 0.6 is 11.6 Å². The number of hydrogen-bond acceptors (Lipinski definition) is 4. The number of carbonyl (C=O) groups excluding carboxylic acids is 2. The van der Waals surface area contributed by atoms with Crippen LogP contribution < -0.4 is 5.32 Å². The minimum Gasteiger partial charge on any atom is -0.351 e. The average Bonchev–Trinajstić information content (AvgIpc) is 3.05. The third-order valence-corrected chi connectivity index (χ3v) is 4.37. The molecule has 1 aromatic heterocycles. The van der Waals surface area contributed by atoms with Gasteiger partial charge >= 0.3 is 0 Å². The lowest BCUT2D eigenvalue weighted by atomic mass is 10.1. The van der Waals surface area contributed by atoms with Crippen LogP contribution in [0.15, 0.2) is 34.9 Å². The molecule has 0 aliphatic carbocycles. The molecule has 6 nitrogen and oxygen atoms in total. The maximum absolute atomic E-state index is 12.2. The molecule has 1 atom stereocenters. The van der Waals surface area contributed by atoms with E-state index in [0.29, 0.717) is 30.8 Å². The zero-order valence-electron chi connectivity index (χ0n) is 13.3. The largest absolute Gasteiger partial charge is 0.351 e. The van der Waals surface area contributed by atoms with E-state index in [1.165, 1.54) is 0 Å². The molecule has 1 aliphatic rings. The second kappa shape index (κ2) is 7.05. The molecular formula is C17H18ClN3O3. The summed E-state index contributed by atoms with van der Waals surface area (Å²) < 4.78 is 4.84. The molecule has 126 valence electrons. The SMILES string of the molecule is Cc1noc(Cl)c1CC(=O)N[C@@H]1CC(=O)N(Cc2ccccc2)C1. The summed E-state index contributed by atoms with van der Waals surface area (Å²) >= 11 is 5.87. The van der Waals surface area contributed by atoms with Gasteiger partial charge in [0.15, 0.2) is 0 Å². The summed E-state index contributed by atoms with van der Waals surface area (Å²) in [5.41, 5.74) is 2.26. The van der Waals surface area contributed by atoms with Gasteiger partial charge in [-0.2, -0.15) is 0 Å². The zero-order chi connectivity index (χ0) is 17.1. The number of carbonyl (C=O) groups is 2. The monoisotopic (exact) mass is 347 g/mol. The van der Waals surface area contributed by atoms with Gasteiger partial charge in [-0.25, -0.2) is 0 Å². The predicted octanol–water partition coefficient (Wildman–Crippen LogP) is 2.10. The Morgan fingerprint density at radius 2 is 2.17 bits per heavy atom. The van der Waals surface area contributed by atoms with E-state index in [2.05, 4.69) is 10.5 Å². The highest BCUT2D eigenvalue weighted by molar-refractivity contribution is 6.29. The van der Waals surface area contributed by atoms with Crippen LogP contribution in [0, 0.1) is 6.92 Å². The Kier molecular flexibility index (Phi) is 4.85. The summed E-state index contributed by atoms with van der Waals surface area (Å²) in [6.07, 6.45) is 0.409. The molecule has 0 radical (unpaired) electrons. The molecule has 1 aliphatic heterocycles. The van der Waals surface area contributed by atoms with Crippen LogP contribution in [0.2, 0.25) is 5.22 Å². The molecule has 2 aromatic rings. The van der Waals surface area contributed by atoms with E-state index >= 15 is 0 Å². The molecule has 1 fully saturated rings. The van der Waals surface area contributed by atoms with Crippen molar-refractivity contribution in [3.05, 3.63) is 52.4 Å². The van der Waals surface area contributed by atoms with E-state index < -0.39 is 0 Å². The first-order chi connectivity index (χ1) is 11.5. The number of likely N-dealkylation sites (tertiary alicyclic amines) is 1. The van der Waals surface area contributed by atoms with Crippen LogP contribution in [0.5, 0.6) is 0 Å². The lowest BCUT2D eigenvalue weighted by molar-refractivity contribution is -0.128. The Morgan fingerprint density at radius 1 is 1.42 bits per heavy atom. The van der Waals surface area contributed by atoms with E-state index in [1.807, 2.05) is 30.3 Å². The van der Waals surface area contributed by atoms with Gasteiger partial charge in [0.25, 0.3) is 0 Å². The van der Waals surface area contributed by atoms with Gasteiger partial charge in [0.1, 0.15) is 0 Å². The van der Waals surface area contributed by atoms with Gasteiger partial charge in [0.05, 0.1) is 18.2 Å². The van der Waals surface area contributed by atoms with E-state index in [1.54, 1.807) is 11.8 Å². The summed E-state index contributed by atoms with van der Waals surface area (Å²) in [5.74, 6) is -0.147. The number of nitrogens with one attached hydrogen (secondary N) is 1. The minimum absolute atomic E-state index is 0.0448. The normalized spacial score (nSPS) is 17.3. The average molecular weight is 348 g/mol. The lowest BCUT2D eigenvalue weighted by Crippen LogP contribution is -2.37. The van der Waals surface area contributed by atoms with Crippen molar-refractivity contribution < 1.29 is 14.1 Å². The quantitative estimate of drug-likeness (QED) is 0.898. The van der Waals surface area contributed by atoms with Crippen molar-refractivity contribution in [3.63, 3.8) is 0 Å². The lowest BCUT2D eigenvalue weighted by Gasteiger charge is -2.17. The maximum atomic E-state index is 12.2. The molecule has 0 spiro atoms. The molecule has 2 amide bonds. The summed E-state index contributed by atoms with van der Waals surface area (Å²) in [4.78, 5) is 26.1. The number of aromatic nitrogens is 1. The van der Waals surface area contributed by atoms with Crippen molar-refractivity contribution in [1.82, 2.24) is 15.4 Å². The smallest absolute Gasteiger partial charge is 0.229 e. The first kappa shape index (κ1) is 16.5. The predicted molar refractivity (Wildman–Crippen MR) is 88.4 cm³/mol. The number of aryl methyl sites for hydroxylation is 1. The molecule has 24 heavy (non-hydrogen) atoms. The van der Waals surface area contributed by atoms with Gasteiger partial charge in [0, 0.05) is 25.1 Å². The number of benzene rings is 1. The summed E-state index contributed by atoms with van der Waals surface area (Å²) in [6.45, 7) is 2.80. The van der Waals surface area contributed by atoms with Crippen LogP contribution in [0.1, 0.15) is 23.2 Å². The Balaban J connectivity index is 1.55. The van der Waals surface area contributed by atoms with Gasteiger partial charge in [-0.15, -0.1) is 0 Å². The third-order valence-electron chi connectivity index (χ3n) is 4.07. The van der Waals surface area contributed by atoms with Gasteiger partial charge in [-0.1, -0.05) is 35.5 Å². The van der Waals surface area contributed by atoms with Crippen molar-refractivity contribution in [3.8, 4) is 0 Å². The zero-order valence-corrected chi connectivity index (χ0v) is 14.0. The fourth-order valence-electron chi connectivity index (χ4n) is 2.82. The topological polar surface area (TPSA) is 75.4 Å². The number of rotatable bonds is 5. The summed E-state index contributed by atoms with van der Waals surface area (Å²) in [7, 11) is 0. The molecule has 1 aromatic carbocycles. The molecular weight excluding hydrogens is 330 g/mol. The van der Waals surface area contributed by atoms with E-state index in [4.69, 9.17) is 16.1 Å². The summed E-state index contributed by atoms with van der Waals surface area (Å²) in [5, 5.41) is 6.75. The van der Waals surface area contributed by atoms with Crippen molar-refractivity contribution in [2.75, 3.05) is 6.54 Å². The van der Waals surface area contributed by atoms with Crippen molar-refractivity contribution >= 4 is 23.4 Å². The van der Waals surface area contributed by atoms with Gasteiger partial charge in [0.2, 0.25) is 17.0 Å². The van der Waals surface area contributed by atoms with Gasteiger partial charge < -0.3 is 14.7 Å². The molecule has 3 rings (SSSR count). The molecule has 0 bridgehead atoms. The minimum atomic E-state index is -0.192. The Morgan fingerprint density at radius 3 is 2.83 bits per heavy atom. The van der Waals surface area contributed by atoms with Crippen LogP contribution in [-0.4, -0.2) is 34.5 Å². The summed E-state index contributed by atoms with van der Waals surface area (Å²) in [6, 6.07) is 9.61. The molecule has 7 heteroatoms. The van der Waals surface area contributed by atoms with Gasteiger partial charge in [-0.3, -0.25) is 9.59 Å². The molecule has 1 N–H and O–H groups in total. The Labute approximate surface area is 144 Å². The van der Waals surface area contributed by atoms with Gasteiger partial charge in [-0.05, 0) is 24.1 Å². The fourth-order valence-corrected chi connectivity index (χ4v) is 3.06. The molecule has 1 saturated heterocycles. The van der Waals surface area contributed by atoms with Crippen molar-refractivity contribution in [1.29, 1.82) is 0 Å². The maximum Gasteiger partial charge on any atom is 0.229 e. The highest BCUT2D eigenvalue weighted by atomic mass is 35.5. The van der Waals surface area contributed by atoms with Crippen LogP contribution in [0.4, 0.5) is 0 Å². The number of amides is 2. The van der Waals surface area contributed by atoms with E-state index in [0.717, 1.165) is 5.56 Å². The van der Waals surface area contributed by atoms with E-state index in [9.17, 15) is 9.59 Å². The second-order valence-corrected chi connectivity index (χ2v) is 6.27. The Hall–Kier alpha value is -2.34. The second-order valence-electron chi connectivity index (χ2n) is 5.93. The van der Waals surface area contributed by atoms with Crippen molar-refractivity contribution in [2.45, 2.75) is 32.4 Å². The molecule has 2 heterocycles. The third kappa shape index (κ3) is 3.76. The van der Waals surface area contributed by atoms with Crippen LogP contribution in [-0.2, 0) is 22.6 Å². The van der Waals surface area contributed by atoms with Crippen LogP contribution in [0.25, 0.3) is 0 Å². The fraction of sp³-hybridized carbons (Fsp3) is 0.353. The number of nitrogens with zero attached hydrogens (tertiary/aromatic N) is 2. The Bertz CT molecular complexity index is 725. The highest BCUT2D eigenvalue weighted by Gasteiger charge is 2.30. The molecule has 0 unspecified atom stereocenters. The van der Waals surface area contributed by atoms with Crippen LogP contribution in [0.3, 0.4) is 0 Å². The highest BCUT2D eigenvalue weighted by Crippen LogP contribution is 2.20. The number of halogens is 1. The standard InChI is InChI=1S/C17H18ClN3O3/c1-11-14(17(18)24-20-11)8-15(22)19-13-7-16(23)21(10-13)9-12-5-3-2-4-6-12/h2-6,13H,7-10H2,1H3,(H,19,22)/t13-/m1/s1.